The first-order valence-electron chi connectivity index (χ1n) is 11.1. The zero-order valence-corrected chi connectivity index (χ0v) is 20.0. The Balaban J connectivity index is 1.46. The van der Waals surface area contributed by atoms with Gasteiger partial charge in [-0.05, 0) is 43.1 Å². The Labute approximate surface area is 197 Å². The van der Waals surface area contributed by atoms with E-state index in [1.54, 1.807) is 0 Å². The van der Waals surface area contributed by atoms with Gasteiger partial charge in [0.05, 0.1) is 11.9 Å². The normalized spacial score (nSPS) is 12.4. The number of H-pyrrole nitrogens is 1. The van der Waals surface area contributed by atoms with Gasteiger partial charge in [0, 0.05) is 17.5 Å². The van der Waals surface area contributed by atoms with Crippen LogP contribution >= 0.6 is 11.3 Å². The molecule has 4 rings (SSSR count). The fourth-order valence-corrected chi connectivity index (χ4v) is 4.87. The quantitative estimate of drug-likeness (QED) is 0.381. The monoisotopic (exact) mass is 463 g/mol. The summed E-state index contributed by atoms with van der Waals surface area (Å²) in [6.45, 7) is 7.82. The van der Waals surface area contributed by atoms with Crippen molar-refractivity contribution in [3.05, 3.63) is 81.2 Å². The predicted molar refractivity (Wildman–Crippen MR) is 134 cm³/mol. The number of ether oxygens (including phenoxy) is 1. The Morgan fingerprint density at radius 2 is 1.82 bits per heavy atom. The summed E-state index contributed by atoms with van der Waals surface area (Å²) in [5.41, 5.74) is 4.00. The highest BCUT2D eigenvalue weighted by atomic mass is 32.1. The lowest BCUT2D eigenvalue weighted by Crippen LogP contribution is -2.36. The van der Waals surface area contributed by atoms with Crippen LogP contribution in [0.15, 0.2) is 58.7 Å². The number of para-hydroxylation sites is 1. The smallest absolute Gasteiger partial charge is 0.260 e. The molecule has 4 aromatic rings. The topological polar surface area (TPSA) is 78.5 Å². The van der Waals surface area contributed by atoms with Gasteiger partial charge in [0.15, 0.2) is 0 Å². The highest BCUT2D eigenvalue weighted by Crippen LogP contribution is 2.32. The summed E-state index contributed by atoms with van der Waals surface area (Å²) in [6, 6.07) is 15.8. The molecular formula is C26H29N3O3S. The summed E-state index contributed by atoms with van der Waals surface area (Å²) in [5.74, 6) is 1.37. The second-order valence-electron chi connectivity index (χ2n) is 8.22. The van der Waals surface area contributed by atoms with Crippen molar-refractivity contribution in [3.8, 4) is 16.9 Å². The van der Waals surface area contributed by atoms with Gasteiger partial charge < -0.3 is 14.8 Å². The Bertz CT molecular complexity index is 1300. The third kappa shape index (κ3) is 5.33. The molecule has 2 N–H and O–H groups in total. The van der Waals surface area contributed by atoms with Crippen molar-refractivity contribution < 1.29 is 9.84 Å². The Kier molecular flexibility index (Phi) is 7.23. The maximum atomic E-state index is 13.0. The molecule has 0 aliphatic carbocycles. The number of likely N-dealkylation sites (N-methyl/N-ethyl adjacent to an activating group) is 1. The lowest BCUT2D eigenvalue weighted by Gasteiger charge is -2.23. The Morgan fingerprint density at radius 3 is 2.55 bits per heavy atom. The van der Waals surface area contributed by atoms with Crippen molar-refractivity contribution in [2.45, 2.75) is 33.4 Å². The van der Waals surface area contributed by atoms with Gasteiger partial charge in [-0.2, -0.15) is 0 Å². The molecule has 2 aromatic heterocycles. The van der Waals surface area contributed by atoms with Crippen molar-refractivity contribution in [2.75, 3.05) is 19.7 Å². The number of hydrogen-bond donors (Lipinski definition) is 2. The summed E-state index contributed by atoms with van der Waals surface area (Å²) >= 11 is 1.48. The molecule has 1 unspecified atom stereocenters. The lowest BCUT2D eigenvalue weighted by atomic mass is 10.0. The van der Waals surface area contributed by atoms with Gasteiger partial charge in [0.25, 0.3) is 5.56 Å². The van der Waals surface area contributed by atoms with Gasteiger partial charge in [-0.1, -0.05) is 49.4 Å². The van der Waals surface area contributed by atoms with E-state index in [1.165, 1.54) is 11.3 Å². The van der Waals surface area contributed by atoms with Crippen LogP contribution < -0.4 is 10.3 Å². The molecule has 2 heterocycles. The number of benzene rings is 2. The molecule has 7 heteroatoms. The molecule has 0 aliphatic rings. The second-order valence-corrected chi connectivity index (χ2v) is 9.07. The number of rotatable bonds is 9. The summed E-state index contributed by atoms with van der Waals surface area (Å²) in [4.78, 5) is 23.4. The maximum Gasteiger partial charge on any atom is 0.260 e. The zero-order valence-electron chi connectivity index (χ0n) is 19.2. The number of aromatic amines is 1. The van der Waals surface area contributed by atoms with E-state index >= 15 is 0 Å². The molecule has 1 atom stereocenters. The highest BCUT2D eigenvalue weighted by Gasteiger charge is 2.17. The Morgan fingerprint density at radius 1 is 1.09 bits per heavy atom. The molecular weight excluding hydrogens is 434 g/mol. The largest absolute Gasteiger partial charge is 0.491 e. The van der Waals surface area contributed by atoms with Gasteiger partial charge in [0.2, 0.25) is 0 Å². The molecule has 0 saturated heterocycles. The van der Waals surface area contributed by atoms with E-state index in [4.69, 9.17) is 9.72 Å². The fourth-order valence-electron chi connectivity index (χ4n) is 3.91. The van der Waals surface area contributed by atoms with Crippen LogP contribution in [0.25, 0.3) is 21.3 Å². The average Bonchev–Trinajstić information content (AvgIpc) is 3.22. The minimum absolute atomic E-state index is 0.131. The van der Waals surface area contributed by atoms with Gasteiger partial charge in [-0.25, -0.2) is 4.98 Å². The third-order valence-corrected chi connectivity index (χ3v) is 6.61. The molecule has 0 spiro atoms. The van der Waals surface area contributed by atoms with Crippen LogP contribution in [0.4, 0.5) is 0 Å². The van der Waals surface area contributed by atoms with Gasteiger partial charge >= 0.3 is 0 Å². The number of aliphatic hydroxyl groups is 1. The number of nitrogens with one attached hydrogen (secondary N) is 1. The van der Waals surface area contributed by atoms with E-state index in [-0.39, 0.29) is 12.2 Å². The second kappa shape index (κ2) is 10.3. The van der Waals surface area contributed by atoms with Crippen LogP contribution in [0.3, 0.4) is 0 Å². The van der Waals surface area contributed by atoms with Gasteiger partial charge in [0.1, 0.15) is 29.1 Å². The predicted octanol–water partition coefficient (Wildman–Crippen LogP) is 4.53. The number of aliphatic hydroxyl groups excluding tert-OH is 1. The Hall–Kier alpha value is -3.00. The molecule has 0 radical (unpaired) electrons. The number of hydrogen-bond acceptors (Lipinski definition) is 6. The number of fused-ring (bicyclic) bond motifs is 1. The zero-order chi connectivity index (χ0) is 23.4. The van der Waals surface area contributed by atoms with Crippen molar-refractivity contribution in [3.63, 3.8) is 0 Å². The van der Waals surface area contributed by atoms with E-state index in [0.717, 1.165) is 32.8 Å². The van der Waals surface area contributed by atoms with Gasteiger partial charge in [-0.15, -0.1) is 11.3 Å². The minimum Gasteiger partial charge on any atom is -0.491 e. The maximum absolute atomic E-state index is 13.0. The first-order valence-corrected chi connectivity index (χ1v) is 12.0. The SMILES string of the molecule is CCN(Cc1nc2scc(-c3ccccc3C)c2c(=O)[nH]1)CC(O)COc1ccccc1C. The molecule has 0 bridgehead atoms. The number of nitrogens with zero attached hydrogens (tertiary/aromatic N) is 2. The van der Waals surface area contributed by atoms with Crippen LogP contribution in [0.5, 0.6) is 5.75 Å². The van der Waals surface area contributed by atoms with Crippen molar-refractivity contribution in [1.82, 2.24) is 14.9 Å². The van der Waals surface area contributed by atoms with E-state index in [2.05, 4.69) is 4.98 Å². The molecule has 0 fully saturated rings. The molecule has 0 saturated carbocycles. The minimum atomic E-state index is -0.658. The number of aromatic nitrogens is 2. The van der Waals surface area contributed by atoms with Crippen molar-refractivity contribution in [1.29, 1.82) is 0 Å². The standard InChI is InChI=1S/C26H29N3O3S/c1-4-29(13-19(30)15-32-22-12-8-6-10-18(22)3)14-23-27-25(31)24-21(16-33-26(24)28-23)20-11-7-5-9-17(20)2/h5-12,16,19,30H,4,13-15H2,1-3H3,(H,27,28,31). The molecule has 2 aromatic carbocycles. The van der Waals surface area contributed by atoms with Gasteiger partial charge in [-0.3, -0.25) is 9.69 Å². The van der Waals surface area contributed by atoms with E-state index in [1.807, 2.05) is 79.6 Å². The summed E-state index contributed by atoms with van der Waals surface area (Å²) < 4.78 is 5.78. The summed E-state index contributed by atoms with van der Waals surface area (Å²) in [7, 11) is 0. The van der Waals surface area contributed by atoms with E-state index in [0.29, 0.717) is 30.8 Å². The molecule has 172 valence electrons. The number of aryl methyl sites for hydroxylation is 2. The summed E-state index contributed by atoms with van der Waals surface area (Å²) in [5, 5.41) is 13.1. The molecule has 0 amide bonds. The van der Waals surface area contributed by atoms with Crippen LogP contribution in [0, 0.1) is 13.8 Å². The van der Waals surface area contributed by atoms with Crippen LogP contribution in [-0.2, 0) is 6.54 Å². The van der Waals surface area contributed by atoms with Crippen molar-refractivity contribution >= 4 is 21.6 Å². The molecule has 33 heavy (non-hydrogen) atoms. The van der Waals surface area contributed by atoms with Crippen LogP contribution in [-0.4, -0.2) is 45.8 Å². The molecule has 6 nitrogen and oxygen atoms in total. The van der Waals surface area contributed by atoms with Crippen LogP contribution in [0.2, 0.25) is 0 Å². The van der Waals surface area contributed by atoms with E-state index in [9.17, 15) is 9.90 Å². The first-order chi connectivity index (χ1) is 16.0. The lowest BCUT2D eigenvalue weighted by molar-refractivity contribution is 0.0664. The number of thiophene rings is 1. The average molecular weight is 464 g/mol. The summed E-state index contributed by atoms with van der Waals surface area (Å²) in [6.07, 6.45) is -0.658. The molecule has 0 aliphatic heterocycles. The van der Waals surface area contributed by atoms with Crippen LogP contribution in [0.1, 0.15) is 23.9 Å². The first kappa shape index (κ1) is 23.2. The highest BCUT2D eigenvalue weighted by molar-refractivity contribution is 7.17. The van der Waals surface area contributed by atoms with E-state index < -0.39 is 6.10 Å². The third-order valence-electron chi connectivity index (χ3n) is 5.74. The fraction of sp³-hybridized carbons (Fsp3) is 0.308. The van der Waals surface area contributed by atoms with Crippen molar-refractivity contribution in [2.24, 2.45) is 0 Å².